The Morgan fingerprint density at radius 1 is 1.03 bits per heavy atom. The number of rotatable bonds is 7. The highest BCUT2D eigenvalue weighted by Gasteiger charge is 2.54. The molecule has 158 valence electrons. The summed E-state index contributed by atoms with van der Waals surface area (Å²) in [6, 6.07) is 12.0. The third-order valence-electron chi connectivity index (χ3n) is 7.42. The maximum absolute atomic E-state index is 13.2. The Kier molecular flexibility index (Phi) is 5.13. The van der Waals surface area contributed by atoms with Crippen molar-refractivity contribution in [3.63, 3.8) is 0 Å². The summed E-state index contributed by atoms with van der Waals surface area (Å²) in [6.45, 7) is 0.804. The highest BCUT2D eigenvalue weighted by molar-refractivity contribution is 5.95. The molecule has 30 heavy (non-hydrogen) atoms. The van der Waals surface area contributed by atoms with Crippen LogP contribution in [0.3, 0.4) is 0 Å². The number of nitrogens with one attached hydrogen (secondary N) is 2. The van der Waals surface area contributed by atoms with Gasteiger partial charge in [0.15, 0.2) is 0 Å². The molecule has 6 rings (SSSR count). The van der Waals surface area contributed by atoms with E-state index in [0.29, 0.717) is 0 Å². The Hall–Kier alpha value is -2.56. The van der Waals surface area contributed by atoms with E-state index in [1.54, 1.807) is 13.3 Å². The summed E-state index contributed by atoms with van der Waals surface area (Å²) in [6.07, 6.45) is 10.0. The first-order valence-electron chi connectivity index (χ1n) is 11.3. The van der Waals surface area contributed by atoms with Gasteiger partial charge in [-0.15, -0.1) is 0 Å². The van der Waals surface area contributed by atoms with E-state index in [9.17, 15) is 4.79 Å². The van der Waals surface area contributed by atoms with E-state index in [-0.39, 0.29) is 11.3 Å². The number of pyridine rings is 1. The zero-order valence-corrected chi connectivity index (χ0v) is 17.7. The number of aromatic nitrogens is 1. The number of amides is 1. The van der Waals surface area contributed by atoms with Crippen LogP contribution in [0, 0.1) is 23.2 Å². The molecular weight excluding hydrogens is 374 g/mol. The predicted octanol–water partition coefficient (Wildman–Crippen LogP) is 4.90. The second-order valence-electron chi connectivity index (χ2n) is 9.61. The molecule has 5 nitrogen and oxygen atoms in total. The van der Waals surface area contributed by atoms with Crippen molar-refractivity contribution in [3.8, 4) is 5.75 Å². The normalized spacial score (nSPS) is 28.9. The molecular formula is C25H31N3O2. The average Bonchev–Trinajstić information content (AvgIpc) is 2.74. The summed E-state index contributed by atoms with van der Waals surface area (Å²) >= 11 is 0. The fraction of sp³-hybridized carbons (Fsp3) is 0.520. The lowest BCUT2D eigenvalue weighted by atomic mass is 9.49. The summed E-state index contributed by atoms with van der Waals surface area (Å²) < 4.78 is 5.19. The minimum Gasteiger partial charge on any atom is -0.497 e. The van der Waals surface area contributed by atoms with Gasteiger partial charge in [-0.1, -0.05) is 12.1 Å². The van der Waals surface area contributed by atoms with Gasteiger partial charge in [-0.3, -0.25) is 4.79 Å². The second-order valence-corrected chi connectivity index (χ2v) is 9.61. The van der Waals surface area contributed by atoms with Crippen LogP contribution in [0.1, 0.15) is 44.1 Å². The molecule has 4 aliphatic rings. The number of methoxy groups -OCH3 is 1. The number of hydrogen-bond donors (Lipinski definition) is 2. The van der Waals surface area contributed by atoms with Gasteiger partial charge in [0.25, 0.3) is 0 Å². The molecule has 2 aromatic rings. The third kappa shape index (κ3) is 3.90. The number of anilines is 2. The molecule has 5 heteroatoms. The van der Waals surface area contributed by atoms with Crippen LogP contribution in [0.2, 0.25) is 0 Å². The molecule has 0 saturated heterocycles. The topological polar surface area (TPSA) is 63.2 Å². The van der Waals surface area contributed by atoms with Crippen LogP contribution in [0.4, 0.5) is 11.5 Å². The fourth-order valence-corrected chi connectivity index (χ4v) is 6.35. The summed E-state index contributed by atoms with van der Waals surface area (Å²) in [5.74, 6) is 4.26. The van der Waals surface area contributed by atoms with Gasteiger partial charge in [-0.25, -0.2) is 4.98 Å². The zero-order valence-electron chi connectivity index (χ0n) is 17.7. The Morgan fingerprint density at radius 3 is 2.27 bits per heavy atom. The van der Waals surface area contributed by atoms with Gasteiger partial charge in [-0.2, -0.15) is 0 Å². The fourth-order valence-electron chi connectivity index (χ4n) is 6.35. The molecule has 0 spiro atoms. The van der Waals surface area contributed by atoms with Crippen molar-refractivity contribution >= 4 is 17.4 Å². The smallest absolute Gasteiger partial charge is 0.230 e. The van der Waals surface area contributed by atoms with Gasteiger partial charge in [0.05, 0.1) is 24.4 Å². The molecule has 4 bridgehead atoms. The van der Waals surface area contributed by atoms with Crippen molar-refractivity contribution in [3.05, 3.63) is 48.2 Å². The molecule has 2 N–H and O–H groups in total. The molecule has 1 amide bonds. The lowest BCUT2D eigenvalue weighted by Crippen LogP contribution is -2.51. The van der Waals surface area contributed by atoms with Crippen molar-refractivity contribution in [2.45, 2.75) is 44.9 Å². The molecule has 4 saturated carbocycles. The summed E-state index contributed by atoms with van der Waals surface area (Å²) in [5, 5.41) is 6.53. The minimum absolute atomic E-state index is 0.121. The Morgan fingerprint density at radius 2 is 1.70 bits per heavy atom. The largest absolute Gasteiger partial charge is 0.497 e. The van der Waals surface area contributed by atoms with Crippen LogP contribution in [-0.2, 0) is 11.2 Å². The van der Waals surface area contributed by atoms with Gasteiger partial charge in [0, 0.05) is 6.54 Å². The van der Waals surface area contributed by atoms with Crippen molar-refractivity contribution in [1.29, 1.82) is 0 Å². The lowest BCUT2D eigenvalue weighted by Gasteiger charge is -2.55. The average molecular weight is 406 g/mol. The van der Waals surface area contributed by atoms with Crippen LogP contribution >= 0.6 is 0 Å². The van der Waals surface area contributed by atoms with Crippen LogP contribution < -0.4 is 15.4 Å². The number of nitrogens with zero attached hydrogens (tertiary/aromatic N) is 1. The van der Waals surface area contributed by atoms with E-state index in [1.807, 2.05) is 24.3 Å². The summed E-state index contributed by atoms with van der Waals surface area (Å²) in [5.41, 5.74) is 1.93. The van der Waals surface area contributed by atoms with E-state index in [1.165, 1.54) is 24.8 Å². The van der Waals surface area contributed by atoms with E-state index < -0.39 is 0 Å². The standard InChI is InChI=1S/C25H31N3O2/c1-30-22-5-2-17(3-6-22)8-9-26-23-7-4-21(16-27-23)28-24(29)25-13-18-10-19(14-25)12-20(11-18)15-25/h2-7,16,18-20H,8-15H2,1H3,(H,26,27)(H,28,29). The van der Waals surface area contributed by atoms with Gasteiger partial charge in [0.2, 0.25) is 5.91 Å². The van der Waals surface area contributed by atoms with E-state index in [4.69, 9.17) is 4.74 Å². The number of hydrogen-bond acceptors (Lipinski definition) is 4. The van der Waals surface area contributed by atoms with Crippen LogP contribution in [0.5, 0.6) is 5.75 Å². The first-order chi connectivity index (χ1) is 14.6. The monoisotopic (exact) mass is 405 g/mol. The van der Waals surface area contributed by atoms with Crippen molar-refractivity contribution < 1.29 is 9.53 Å². The summed E-state index contributed by atoms with van der Waals surface area (Å²) in [7, 11) is 1.68. The molecule has 0 radical (unpaired) electrons. The van der Waals surface area contributed by atoms with E-state index in [0.717, 1.165) is 67.2 Å². The molecule has 1 heterocycles. The molecule has 0 aliphatic heterocycles. The second kappa shape index (κ2) is 7.93. The Balaban J connectivity index is 1.14. The molecule has 4 aliphatic carbocycles. The van der Waals surface area contributed by atoms with Crippen molar-refractivity contribution in [2.24, 2.45) is 23.2 Å². The Labute approximate surface area is 178 Å². The first-order valence-corrected chi connectivity index (χ1v) is 11.3. The molecule has 0 unspecified atom stereocenters. The SMILES string of the molecule is COc1ccc(CCNc2ccc(NC(=O)C34CC5CC(CC(C5)C3)C4)cn2)cc1. The van der Waals surface area contributed by atoms with Crippen LogP contribution in [0.15, 0.2) is 42.6 Å². The third-order valence-corrected chi connectivity index (χ3v) is 7.42. The maximum Gasteiger partial charge on any atom is 0.230 e. The molecule has 1 aromatic carbocycles. The van der Waals surface area contributed by atoms with Gasteiger partial charge >= 0.3 is 0 Å². The molecule has 4 fully saturated rings. The lowest BCUT2D eigenvalue weighted by molar-refractivity contribution is -0.140. The van der Waals surface area contributed by atoms with Crippen LogP contribution in [-0.4, -0.2) is 24.5 Å². The number of carbonyl (C=O) groups excluding carboxylic acids is 1. The summed E-state index contributed by atoms with van der Waals surface area (Å²) in [4.78, 5) is 17.7. The van der Waals surface area contributed by atoms with E-state index in [2.05, 4.69) is 27.8 Å². The molecule has 1 aromatic heterocycles. The highest BCUT2D eigenvalue weighted by atomic mass is 16.5. The Bertz CT molecular complexity index is 856. The van der Waals surface area contributed by atoms with Gasteiger partial charge in [0.1, 0.15) is 11.6 Å². The highest BCUT2D eigenvalue weighted by Crippen LogP contribution is 2.60. The molecule has 0 atom stereocenters. The van der Waals surface area contributed by atoms with Gasteiger partial charge in [-0.05, 0) is 92.5 Å². The quantitative estimate of drug-likeness (QED) is 0.688. The van der Waals surface area contributed by atoms with Crippen LogP contribution in [0.25, 0.3) is 0 Å². The predicted molar refractivity (Wildman–Crippen MR) is 119 cm³/mol. The maximum atomic E-state index is 13.2. The van der Waals surface area contributed by atoms with E-state index >= 15 is 0 Å². The zero-order chi connectivity index (χ0) is 20.6. The number of carbonyl (C=O) groups is 1. The van der Waals surface area contributed by atoms with Crippen molar-refractivity contribution in [2.75, 3.05) is 24.3 Å². The number of ether oxygens (including phenoxy) is 1. The first kappa shape index (κ1) is 19.4. The number of benzene rings is 1. The minimum atomic E-state index is -0.121. The van der Waals surface area contributed by atoms with Crippen molar-refractivity contribution in [1.82, 2.24) is 4.98 Å². The van der Waals surface area contributed by atoms with Gasteiger partial charge < -0.3 is 15.4 Å².